The molecule has 4 nitrogen and oxygen atoms in total. The van der Waals surface area contributed by atoms with Crippen molar-refractivity contribution in [2.24, 2.45) is 0 Å². The molecule has 0 saturated heterocycles. The van der Waals surface area contributed by atoms with Gasteiger partial charge in [-0.3, -0.25) is 0 Å². The minimum absolute atomic E-state index is 0.508. The van der Waals surface area contributed by atoms with E-state index in [0.29, 0.717) is 12.2 Å². The molecule has 1 aromatic heterocycles. The molecule has 1 N–H and O–H groups in total. The van der Waals surface area contributed by atoms with Gasteiger partial charge in [0.05, 0.1) is 6.42 Å². The first kappa shape index (κ1) is 10.3. The van der Waals surface area contributed by atoms with Crippen molar-refractivity contribution in [3.05, 3.63) is 60.2 Å². The van der Waals surface area contributed by atoms with Gasteiger partial charge in [-0.15, -0.1) is 4.57 Å². The Labute approximate surface area is 92.8 Å². The molecule has 0 fully saturated rings. The number of benzene rings is 1. The summed E-state index contributed by atoms with van der Waals surface area (Å²) in [5, 5.41) is 8.97. The van der Waals surface area contributed by atoms with Crippen molar-refractivity contribution in [2.75, 3.05) is 0 Å². The van der Waals surface area contributed by atoms with E-state index in [-0.39, 0.29) is 0 Å². The van der Waals surface area contributed by atoms with Gasteiger partial charge in [-0.05, 0) is 5.56 Å². The summed E-state index contributed by atoms with van der Waals surface area (Å²) in [6, 6.07) is 11.3. The Morgan fingerprint density at radius 3 is 2.69 bits per heavy atom. The van der Waals surface area contributed by atoms with Crippen molar-refractivity contribution >= 4 is 6.09 Å². The molecule has 1 heterocycles. The number of hydrogen-bond donors (Lipinski definition) is 1. The number of nitrogens with zero attached hydrogens (tertiary/aromatic N) is 2. The smallest absolute Gasteiger partial charge is 0.446 e. The van der Waals surface area contributed by atoms with Gasteiger partial charge >= 0.3 is 11.9 Å². The van der Waals surface area contributed by atoms with Crippen LogP contribution in [0.3, 0.4) is 0 Å². The molecule has 0 bridgehead atoms. The third-order valence-corrected chi connectivity index (χ3v) is 2.23. The molecule has 16 heavy (non-hydrogen) atoms. The number of carboxylic acid groups (broad SMARTS) is 1. The summed E-state index contributed by atoms with van der Waals surface area (Å²) >= 11 is 0. The van der Waals surface area contributed by atoms with Crippen LogP contribution in [-0.2, 0) is 6.42 Å². The first-order valence-corrected chi connectivity index (χ1v) is 4.90. The fourth-order valence-electron chi connectivity index (χ4n) is 1.49. The van der Waals surface area contributed by atoms with Gasteiger partial charge < -0.3 is 5.11 Å². The third-order valence-electron chi connectivity index (χ3n) is 2.23. The van der Waals surface area contributed by atoms with Gasteiger partial charge in [-0.25, -0.2) is 0 Å². The number of hydrogen-bond acceptors (Lipinski definition) is 2. The maximum absolute atomic E-state index is 10.9. The topological polar surface area (TPSA) is 54.1 Å². The van der Waals surface area contributed by atoms with E-state index in [2.05, 4.69) is 4.98 Å². The summed E-state index contributed by atoms with van der Waals surface area (Å²) in [6.45, 7) is 0. The van der Waals surface area contributed by atoms with E-state index in [1.165, 1.54) is 6.20 Å². The standard InChI is InChI=1S/C12H10N2O2/c15-12(16)14-8-4-7-13-11(14)9-10-5-2-1-3-6-10/h1-8H,9H2/p+1. The average molecular weight is 215 g/mol. The van der Waals surface area contributed by atoms with Crippen LogP contribution in [0.2, 0.25) is 0 Å². The van der Waals surface area contributed by atoms with Crippen LogP contribution in [0, 0.1) is 0 Å². The highest BCUT2D eigenvalue weighted by molar-refractivity contribution is 5.53. The lowest BCUT2D eigenvalue weighted by Crippen LogP contribution is -2.45. The molecule has 0 atom stereocenters. The second-order valence-corrected chi connectivity index (χ2v) is 3.35. The minimum Gasteiger partial charge on any atom is -0.446 e. The first-order valence-electron chi connectivity index (χ1n) is 4.90. The monoisotopic (exact) mass is 215 g/mol. The Bertz CT molecular complexity index is 497. The molecular weight excluding hydrogens is 204 g/mol. The zero-order valence-electron chi connectivity index (χ0n) is 8.58. The molecule has 0 aliphatic heterocycles. The Balaban J connectivity index is 2.31. The molecule has 0 amide bonds. The number of carbonyl (C=O) groups is 1. The van der Waals surface area contributed by atoms with Crippen molar-refractivity contribution in [3.63, 3.8) is 0 Å². The van der Waals surface area contributed by atoms with Crippen LogP contribution >= 0.6 is 0 Å². The van der Waals surface area contributed by atoms with E-state index in [9.17, 15) is 4.79 Å². The Kier molecular flexibility index (Phi) is 2.91. The van der Waals surface area contributed by atoms with E-state index in [1.54, 1.807) is 12.3 Å². The Morgan fingerprint density at radius 2 is 2.00 bits per heavy atom. The van der Waals surface area contributed by atoms with E-state index in [1.807, 2.05) is 30.3 Å². The van der Waals surface area contributed by atoms with Crippen LogP contribution in [0.1, 0.15) is 11.4 Å². The van der Waals surface area contributed by atoms with Crippen LogP contribution < -0.4 is 4.57 Å². The van der Waals surface area contributed by atoms with Gasteiger partial charge in [0.15, 0.2) is 0 Å². The van der Waals surface area contributed by atoms with Gasteiger partial charge in [0.25, 0.3) is 0 Å². The van der Waals surface area contributed by atoms with Crippen molar-refractivity contribution in [2.45, 2.75) is 6.42 Å². The molecule has 0 radical (unpaired) electrons. The Hall–Kier alpha value is -2.23. The van der Waals surface area contributed by atoms with Crippen molar-refractivity contribution in [1.29, 1.82) is 0 Å². The zero-order valence-corrected chi connectivity index (χ0v) is 8.58. The zero-order chi connectivity index (χ0) is 11.4. The molecule has 2 aromatic rings. The molecule has 4 heteroatoms. The maximum Gasteiger partial charge on any atom is 0.509 e. The lowest BCUT2D eigenvalue weighted by molar-refractivity contribution is -0.596. The minimum atomic E-state index is -1.01. The molecule has 2 rings (SSSR count). The molecular formula is C12H11N2O2+. The predicted octanol–water partition coefficient (Wildman–Crippen LogP) is 1.49. The summed E-state index contributed by atoms with van der Waals surface area (Å²) in [4.78, 5) is 15.0. The van der Waals surface area contributed by atoms with E-state index in [0.717, 1.165) is 10.1 Å². The second-order valence-electron chi connectivity index (χ2n) is 3.35. The highest BCUT2D eigenvalue weighted by atomic mass is 16.4. The van der Waals surface area contributed by atoms with Gasteiger partial charge in [-0.1, -0.05) is 35.3 Å². The fourth-order valence-corrected chi connectivity index (χ4v) is 1.49. The first-order chi connectivity index (χ1) is 7.77. The van der Waals surface area contributed by atoms with Gasteiger partial charge in [0.1, 0.15) is 12.4 Å². The van der Waals surface area contributed by atoms with Crippen LogP contribution in [0.25, 0.3) is 0 Å². The second kappa shape index (κ2) is 4.53. The van der Waals surface area contributed by atoms with E-state index < -0.39 is 6.09 Å². The number of aromatic nitrogens is 2. The van der Waals surface area contributed by atoms with Gasteiger partial charge in [0.2, 0.25) is 0 Å². The van der Waals surface area contributed by atoms with E-state index in [4.69, 9.17) is 5.11 Å². The highest BCUT2D eigenvalue weighted by Crippen LogP contribution is 2.03. The highest BCUT2D eigenvalue weighted by Gasteiger charge is 2.17. The summed E-state index contributed by atoms with van der Waals surface area (Å²) in [6.07, 6.45) is 2.58. The quantitative estimate of drug-likeness (QED) is 0.772. The average Bonchev–Trinajstić information content (AvgIpc) is 2.31. The summed E-state index contributed by atoms with van der Waals surface area (Å²) in [5.74, 6) is 0.515. The molecule has 1 aromatic carbocycles. The van der Waals surface area contributed by atoms with Crippen LogP contribution in [0.4, 0.5) is 4.79 Å². The third kappa shape index (κ3) is 2.23. The van der Waals surface area contributed by atoms with Crippen LogP contribution in [0.15, 0.2) is 48.8 Å². The van der Waals surface area contributed by atoms with Gasteiger partial charge in [0, 0.05) is 6.07 Å². The summed E-state index contributed by atoms with van der Waals surface area (Å²) in [5.41, 5.74) is 1.04. The van der Waals surface area contributed by atoms with Crippen molar-refractivity contribution in [1.82, 2.24) is 4.98 Å². The SMILES string of the molecule is O=C(O)[n+]1cccnc1Cc1ccccc1. The van der Waals surface area contributed by atoms with Crippen molar-refractivity contribution in [3.8, 4) is 0 Å². The van der Waals surface area contributed by atoms with Crippen LogP contribution in [-0.4, -0.2) is 16.2 Å². The van der Waals surface area contributed by atoms with Crippen molar-refractivity contribution < 1.29 is 14.5 Å². The van der Waals surface area contributed by atoms with Gasteiger partial charge in [-0.2, -0.15) is 4.79 Å². The van der Waals surface area contributed by atoms with Crippen LogP contribution in [0.5, 0.6) is 0 Å². The normalized spacial score (nSPS) is 10.0. The van der Waals surface area contributed by atoms with E-state index >= 15 is 0 Å². The lowest BCUT2D eigenvalue weighted by Gasteiger charge is -1.98. The lowest BCUT2D eigenvalue weighted by atomic mass is 10.1. The molecule has 0 aliphatic carbocycles. The largest absolute Gasteiger partial charge is 0.509 e. The molecule has 0 spiro atoms. The molecule has 0 saturated carbocycles. The summed E-state index contributed by atoms with van der Waals surface area (Å²) in [7, 11) is 0. The Morgan fingerprint density at radius 1 is 1.25 bits per heavy atom. The maximum atomic E-state index is 10.9. The molecule has 80 valence electrons. The molecule has 0 aliphatic rings. The number of rotatable bonds is 2. The fraction of sp³-hybridized carbons (Fsp3) is 0.0833. The predicted molar refractivity (Wildman–Crippen MR) is 57.1 cm³/mol. The summed E-state index contributed by atoms with van der Waals surface area (Å²) < 4.78 is 1.13. The molecule has 0 unspecified atom stereocenters.